The number of hydrogen-bond donors (Lipinski definition) is 0. The standard InChI is InChI=1S/C16H15BrClNO3S2/c17-11-3-4-13(18)12(10-11)16(20)19-6-5-15(14-2-1-8-23-14)24(21,22)9-7-19/h1-4,8,10,15H,5-7,9H2/t15-/m1/s1. The SMILES string of the molecule is O=C(c1cc(Br)ccc1Cl)N1CC[C@H](c2cccs2)S(=O)(=O)CC1. The van der Waals surface area contributed by atoms with Crippen molar-refractivity contribution in [3.05, 3.63) is 55.6 Å². The molecule has 1 aliphatic rings. The predicted octanol–water partition coefficient (Wildman–Crippen LogP) is 4.17. The number of halogens is 2. The zero-order valence-corrected chi connectivity index (χ0v) is 16.6. The third-order valence-corrected chi connectivity index (χ3v) is 8.11. The Morgan fingerprint density at radius 2 is 2.08 bits per heavy atom. The fourth-order valence-electron chi connectivity index (χ4n) is 2.77. The van der Waals surface area contributed by atoms with Crippen LogP contribution in [0.1, 0.15) is 26.9 Å². The second kappa shape index (κ2) is 7.15. The molecule has 1 aliphatic heterocycles. The normalized spacial score (nSPS) is 20.6. The number of nitrogens with zero attached hydrogens (tertiary/aromatic N) is 1. The van der Waals surface area contributed by atoms with Gasteiger partial charge in [-0.1, -0.05) is 33.6 Å². The summed E-state index contributed by atoms with van der Waals surface area (Å²) in [7, 11) is -3.28. The first-order valence-corrected chi connectivity index (χ1v) is 11.1. The lowest BCUT2D eigenvalue weighted by Crippen LogP contribution is -2.33. The molecule has 0 radical (unpaired) electrons. The van der Waals surface area contributed by atoms with E-state index in [0.717, 1.165) is 9.35 Å². The molecule has 128 valence electrons. The fraction of sp³-hybridized carbons (Fsp3) is 0.312. The first-order valence-electron chi connectivity index (χ1n) is 7.38. The molecule has 0 bridgehead atoms. The maximum atomic E-state index is 12.8. The van der Waals surface area contributed by atoms with Crippen LogP contribution < -0.4 is 0 Å². The number of sulfone groups is 1. The second-order valence-corrected chi connectivity index (χ2v) is 10.2. The van der Waals surface area contributed by atoms with Crippen molar-refractivity contribution in [1.29, 1.82) is 0 Å². The Kier molecular flexibility index (Phi) is 5.34. The Morgan fingerprint density at radius 3 is 2.79 bits per heavy atom. The zero-order valence-electron chi connectivity index (χ0n) is 12.6. The first-order chi connectivity index (χ1) is 11.4. The summed E-state index contributed by atoms with van der Waals surface area (Å²) < 4.78 is 25.9. The van der Waals surface area contributed by atoms with Gasteiger partial charge in [0.2, 0.25) is 0 Å². The highest BCUT2D eigenvalue weighted by Gasteiger charge is 2.33. The molecule has 4 nitrogen and oxygen atoms in total. The van der Waals surface area contributed by atoms with Crippen molar-refractivity contribution in [3.8, 4) is 0 Å². The highest BCUT2D eigenvalue weighted by Crippen LogP contribution is 2.33. The van der Waals surface area contributed by atoms with E-state index in [1.54, 1.807) is 23.1 Å². The van der Waals surface area contributed by atoms with Crippen molar-refractivity contribution >= 4 is 54.6 Å². The lowest BCUT2D eigenvalue weighted by molar-refractivity contribution is 0.0767. The molecule has 0 saturated carbocycles. The highest BCUT2D eigenvalue weighted by molar-refractivity contribution is 9.10. The molecule has 1 fully saturated rings. The van der Waals surface area contributed by atoms with Gasteiger partial charge in [-0.3, -0.25) is 4.79 Å². The summed E-state index contributed by atoms with van der Waals surface area (Å²) in [5.74, 6) is -0.268. The Labute approximate surface area is 158 Å². The Hall–Kier alpha value is -0.890. The van der Waals surface area contributed by atoms with Gasteiger partial charge < -0.3 is 4.90 Å². The van der Waals surface area contributed by atoms with Gasteiger partial charge in [0.05, 0.1) is 21.6 Å². The number of amides is 1. The van der Waals surface area contributed by atoms with E-state index in [9.17, 15) is 13.2 Å². The van der Waals surface area contributed by atoms with E-state index in [0.29, 0.717) is 23.6 Å². The third kappa shape index (κ3) is 3.69. The van der Waals surface area contributed by atoms with Crippen molar-refractivity contribution in [2.75, 3.05) is 18.8 Å². The lowest BCUT2D eigenvalue weighted by atomic mass is 10.1. The van der Waals surface area contributed by atoms with E-state index in [1.807, 2.05) is 17.5 Å². The average Bonchev–Trinajstić information content (AvgIpc) is 3.00. The van der Waals surface area contributed by atoms with Crippen molar-refractivity contribution in [2.24, 2.45) is 0 Å². The predicted molar refractivity (Wildman–Crippen MR) is 101 cm³/mol. The summed E-state index contributed by atoms with van der Waals surface area (Å²) in [6, 6.07) is 8.78. The van der Waals surface area contributed by atoms with Gasteiger partial charge in [-0.25, -0.2) is 8.42 Å². The molecule has 2 aromatic rings. The van der Waals surface area contributed by atoms with Gasteiger partial charge in [0.25, 0.3) is 5.91 Å². The minimum Gasteiger partial charge on any atom is -0.338 e. The van der Waals surface area contributed by atoms with Crippen molar-refractivity contribution in [2.45, 2.75) is 11.7 Å². The van der Waals surface area contributed by atoms with Crippen LogP contribution in [-0.2, 0) is 9.84 Å². The van der Waals surface area contributed by atoms with Crippen LogP contribution in [0.15, 0.2) is 40.2 Å². The van der Waals surface area contributed by atoms with Gasteiger partial charge in [-0.15, -0.1) is 11.3 Å². The van der Waals surface area contributed by atoms with E-state index in [-0.39, 0.29) is 18.2 Å². The molecule has 1 amide bonds. The molecule has 24 heavy (non-hydrogen) atoms. The van der Waals surface area contributed by atoms with E-state index in [4.69, 9.17) is 11.6 Å². The monoisotopic (exact) mass is 447 g/mol. The molecule has 0 aliphatic carbocycles. The topological polar surface area (TPSA) is 54.5 Å². The Balaban J connectivity index is 1.85. The van der Waals surface area contributed by atoms with Crippen LogP contribution >= 0.6 is 38.9 Å². The highest BCUT2D eigenvalue weighted by atomic mass is 79.9. The molecule has 2 heterocycles. The minimum atomic E-state index is -3.28. The quantitative estimate of drug-likeness (QED) is 0.693. The molecule has 1 aromatic carbocycles. The van der Waals surface area contributed by atoms with Crippen LogP contribution in [-0.4, -0.2) is 38.1 Å². The summed E-state index contributed by atoms with van der Waals surface area (Å²) in [5, 5.41) is 1.71. The van der Waals surface area contributed by atoms with Gasteiger partial charge in [0.15, 0.2) is 9.84 Å². The number of benzene rings is 1. The van der Waals surface area contributed by atoms with Crippen LogP contribution in [0.25, 0.3) is 0 Å². The molecule has 1 aromatic heterocycles. The van der Waals surface area contributed by atoms with Gasteiger partial charge in [-0.2, -0.15) is 0 Å². The molecular formula is C16H15BrClNO3S2. The second-order valence-electron chi connectivity index (χ2n) is 5.58. The van der Waals surface area contributed by atoms with Crippen molar-refractivity contribution in [3.63, 3.8) is 0 Å². The number of carbonyl (C=O) groups excluding carboxylic acids is 1. The van der Waals surface area contributed by atoms with E-state index in [1.165, 1.54) is 11.3 Å². The molecule has 3 rings (SSSR count). The van der Waals surface area contributed by atoms with E-state index >= 15 is 0 Å². The van der Waals surface area contributed by atoms with Crippen molar-refractivity contribution in [1.82, 2.24) is 4.90 Å². The maximum absolute atomic E-state index is 12.8. The summed E-state index contributed by atoms with van der Waals surface area (Å²) in [5.41, 5.74) is 0.387. The summed E-state index contributed by atoms with van der Waals surface area (Å²) >= 11 is 10.9. The summed E-state index contributed by atoms with van der Waals surface area (Å²) in [6.45, 7) is 0.579. The maximum Gasteiger partial charge on any atom is 0.255 e. The molecule has 1 saturated heterocycles. The first kappa shape index (κ1) is 17.9. The van der Waals surface area contributed by atoms with Crippen LogP contribution in [0.4, 0.5) is 0 Å². The van der Waals surface area contributed by atoms with Crippen LogP contribution in [0.5, 0.6) is 0 Å². The van der Waals surface area contributed by atoms with Crippen LogP contribution in [0, 0.1) is 0 Å². The molecular weight excluding hydrogens is 434 g/mol. The number of hydrogen-bond acceptors (Lipinski definition) is 4. The number of carbonyl (C=O) groups is 1. The number of thiophene rings is 1. The van der Waals surface area contributed by atoms with Gasteiger partial charge in [0.1, 0.15) is 0 Å². The smallest absolute Gasteiger partial charge is 0.255 e. The van der Waals surface area contributed by atoms with Gasteiger partial charge in [0, 0.05) is 22.4 Å². The van der Waals surface area contributed by atoms with Crippen molar-refractivity contribution < 1.29 is 13.2 Å². The van der Waals surface area contributed by atoms with E-state index in [2.05, 4.69) is 15.9 Å². The summed E-state index contributed by atoms with van der Waals surface area (Å²) in [4.78, 5) is 15.2. The zero-order chi connectivity index (χ0) is 17.3. The van der Waals surface area contributed by atoms with E-state index < -0.39 is 15.1 Å². The Morgan fingerprint density at radius 1 is 1.29 bits per heavy atom. The van der Waals surface area contributed by atoms with Crippen LogP contribution in [0.2, 0.25) is 5.02 Å². The lowest BCUT2D eigenvalue weighted by Gasteiger charge is -2.20. The number of rotatable bonds is 2. The fourth-order valence-corrected chi connectivity index (χ4v) is 6.34. The van der Waals surface area contributed by atoms with Crippen LogP contribution in [0.3, 0.4) is 0 Å². The third-order valence-electron chi connectivity index (χ3n) is 4.05. The van der Waals surface area contributed by atoms with Gasteiger partial charge >= 0.3 is 0 Å². The minimum absolute atomic E-state index is 0.0348. The molecule has 1 atom stereocenters. The largest absolute Gasteiger partial charge is 0.338 e. The van der Waals surface area contributed by atoms with Gasteiger partial charge in [-0.05, 0) is 36.1 Å². The summed E-state index contributed by atoms with van der Waals surface area (Å²) in [6.07, 6.45) is 0.403. The molecule has 8 heteroatoms. The molecule has 0 spiro atoms. The molecule has 0 unspecified atom stereocenters. The Bertz CT molecular complexity index is 852. The average molecular weight is 449 g/mol. The molecule has 0 N–H and O–H groups in total.